The third-order valence-electron chi connectivity index (χ3n) is 7.68. The van der Waals surface area contributed by atoms with Crippen molar-refractivity contribution in [3.8, 4) is 0 Å². The van der Waals surface area contributed by atoms with Crippen molar-refractivity contribution in [3.63, 3.8) is 0 Å². The monoisotopic (exact) mass is 689 g/mol. The van der Waals surface area contributed by atoms with Gasteiger partial charge in [-0.2, -0.15) is 0 Å². The van der Waals surface area contributed by atoms with E-state index in [0.29, 0.717) is 19.4 Å². The van der Waals surface area contributed by atoms with Gasteiger partial charge in [-0.05, 0) is 63.9 Å². The van der Waals surface area contributed by atoms with Crippen molar-refractivity contribution in [3.05, 3.63) is 35.9 Å². The van der Waals surface area contributed by atoms with Crippen molar-refractivity contribution in [2.45, 2.75) is 117 Å². The molecule has 0 aromatic heterocycles. The van der Waals surface area contributed by atoms with Gasteiger partial charge in [0.15, 0.2) is 0 Å². The third kappa shape index (κ3) is 14.4. The summed E-state index contributed by atoms with van der Waals surface area (Å²) in [6, 6.07) is 5.02. The molecule has 0 spiro atoms. The lowest BCUT2D eigenvalue weighted by molar-refractivity contribution is -0.155. The predicted molar refractivity (Wildman–Crippen MR) is 182 cm³/mol. The number of esters is 1. The van der Waals surface area contributed by atoms with Gasteiger partial charge in [0.25, 0.3) is 0 Å². The van der Waals surface area contributed by atoms with E-state index >= 15 is 0 Å². The molecule has 0 aliphatic carbocycles. The lowest BCUT2D eigenvalue weighted by Gasteiger charge is -2.29. The van der Waals surface area contributed by atoms with Gasteiger partial charge in [-0.3, -0.25) is 28.9 Å². The molecule has 0 saturated carbocycles. The average molecular weight is 690 g/mol. The first-order valence-corrected chi connectivity index (χ1v) is 17.0. The van der Waals surface area contributed by atoms with Crippen LogP contribution in [0.15, 0.2) is 30.3 Å². The van der Waals surface area contributed by atoms with Crippen LogP contribution >= 0.6 is 0 Å². The van der Waals surface area contributed by atoms with E-state index in [2.05, 4.69) is 21.3 Å². The number of hydrogen-bond acceptors (Lipinski definition) is 9. The van der Waals surface area contributed by atoms with Crippen LogP contribution in [-0.4, -0.2) is 95.2 Å². The Morgan fingerprint density at radius 1 is 0.918 bits per heavy atom. The van der Waals surface area contributed by atoms with Crippen molar-refractivity contribution >= 4 is 35.7 Å². The van der Waals surface area contributed by atoms with Crippen LogP contribution in [0.25, 0.3) is 0 Å². The van der Waals surface area contributed by atoms with Crippen LogP contribution in [0, 0.1) is 11.8 Å². The zero-order chi connectivity index (χ0) is 36.7. The quantitative estimate of drug-likeness (QED) is 0.153. The SMILES string of the molecule is CC(C)C[C@H](NC(=O)[C@@H]1CCCN1C(=O)OCc1ccccc1)C(=O)N[C@@H](CCC(=O)OC(C)(C)C)C(=O)N[C@H](C(=O)NCCO)C(C)C. The Balaban J connectivity index is 2.21. The summed E-state index contributed by atoms with van der Waals surface area (Å²) < 4.78 is 10.8. The van der Waals surface area contributed by atoms with Crippen LogP contribution in [-0.2, 0) is 40.1 Å². The van der Waals surface area contributed by atoms with Crippen LogP contribution in [0.3, 0.4) is 0 Å². The van der Waals surface area contributed by atoms with Crippen molar-refractivity contribution in [1.82, 2.24) is 26.2 Å². The molecular weight excluding hydrogens is 634 g/mol. The first-order chi connectivity index (χ1) is 23.0. The fourth-order valence-corrected chi connectivity index (χ4v) is 5.30. The Morgan fingerprint density at radius 2 is 1.57 bits per heavy atom. The summed E-state index contributed by atoms with van der Waals surface area (Å²) >= 11 is 0. The molecule has 1 saturated heterocycles. The molecule has 1 aromatic rings. The van der Waals surface area contributed by atoms with E-state index < -0.39 is 65.5 Å². The molecule has 4 atom stereocenters. The Hall–Kier alpha value is -4.20. The van der Waals surface area contributed by atoms with Gasteiger partial charge in [0.1, 0.15) is 36.4 Å². The maximum atomic E-state index is 13.8. The largest absolute Gasteiger partial charge is 0.460 e. The minimum absolute atomic E-state index is 0.00349. The molecule has 2 rings (SSSR count). The second-order valence-electron chi connectivity index (χ2n) is 14.0. The first kappa shape index (κ1) is 41.0. The number of aliphatic hydroxyl groups excluding tert-OH is 1. The Labute approximate surface area is 289 Å². The van der Waals surface area contributed by atoms with Crippen molar-refractivity contribution in [1.29, 1.82) is 0 Å². The van der Waals surface area contributed by atoms with Gasteiger partial charge in [-0.25, -0.2) is 4.79 Å². The molecule has 1 aliphatic heterocycles. The predicted octanol–water partition coefficient (Wildman–Crippen LogP) is 2.17. The zero-order valence-electron chi connectivity index (χ0n) is 29.9. The standard InChI is InChI=1S/C35H55N5O9/c1-22(2)20-26(38-32(45)27-14-11-18-40(27)34(47)48-21-24-12-9-8-10-13-24)31(44)37-25(15-16-28(42)49-35(5,6)7)30(43)39-29(23(3)4)33(46)36-17-19-41/h8-10,12-13,22-23,25-27,29,41H,11,14-21H2,1-7H3,(H,36,46)(H,37,44)(H,38,45)(H,39,43)/t25-,26-,27-,29-/m0/s1. The second kappa shape index (κ2) is 19.7. The van der Waals surface area contributed by atoms with E-state index in [4.69, 9.17) is 14.6 Å². The minimum atomic E-state index is -1.26. The minimum Gasteiger partial charge on any atom is -0.460 e. The van der Waals surface area contributed by atoms with Crippen LogP contribution in [0.2, 0.25) is 0 Å². The molecule has 0 radical (unpaired) electrons. The molecule has 5 N–H and O–H groups in total. The molecule has 0 unspecified atom stereocenters. The molecule has 49 heavy (non-hydrogen) atoms. The van der Waals surface area contributed by atoms with E-state index in [1.807, 2.05) is 44.2 Å². The number of hydrogen-bond donors (Lipinski definition) is 5. The summed E-state index contributed by atoms with van der Waals surface area (Å²) in [4.78, 5) is 80.4. The van der Waals surface area contributed by atoms with Crippen LogP contribution in [0.1, 0.15) is 86.1 Å². The fraction of sp³-hybridized carbons (Fsp3) is 0.657. The topological polar surface area (TPSA) is 192 Å². The summed E-state index contributed by atoms with van der Waals surface area (Å²) in [7, 11) is 0. The van der Waals surface area contributed by atoms with E-state index in [1.165, 1.54) is 4.90 Å². The summed E-state index contributed by atoms with van der Waals surface area (Å²) in [5, 5.41) is 19.8. The third-order valence-corrected chi connectivity index (χ3v) is 7.68. The fourth-order valence-electron chi connectivity index (χ4n) is 5.30. The normalized spacial score (nSPS) is 16.4. The second-order valence-corrected chi connectivity index (χ2v) is 14.0. The maximum absolute atomic E-state index is 13.8. The van der Waals surface area contributed by atoms with Crippen LogP contribution in [0.5, 0.6) is 0 Å². The van der Waals surface area contributed by atoms with Gasteiger partial charge in [0.2, 0.25) is 23.6 Å². The highest BCUT2D eigenvalue weighted by molar-refractivity contribution is 5.95. The average Bonchev–Trinajstić information content (AvgIpc) is 3.52. The Morgan fingerprint density at radius 3 is 2.16 bits per heavy atom. The van der Waals surface area contributed by atoms with Gasteiger partial charge in [-0.1, -0.05) is 58.0 Å². The maximum Gasteiger partial charge on any atom is 0.410 e. The molecule has 1 fully saturated rings. The highest BCUT2D eigenvalue weighted by atomic mass is 16.6. The number of aliphatic hydroxyl groups is 1. The first-order valence-electron chi connectivity index (χ1n) is 17.0. The smallest absolute Gasteiger partial charge is 0.410 e. The number of carbonyl (C=O) groups is 6. The molecule has 0 bridgehead atoms. The number of nitrogens with one attached hydrogen (secondary N) is 4. The summed E-state index contributed by atoms with van der Waals surface area (Å²) in [6.45, 7) is 12.4. The van der Waals surface area contributed by atoms with Gasteiger partial charge < -0.3 is 35.8 Å². The number of rotatable bonds is 17. The molecule has 5 amide bonds. The van der Waals surface area contributed by atoms with Crippen LogP contribution < -0.4 is 21.3 Å². The summed E-state index contributed by atoms with van der Waals surface area (Å²) in [5.41, 5.74) is 0.0425. The van der Waals surface area contributed by atoms with Gasteiger partial charge in [-0.15, -0.1) is 0 Å². The number of nitrogens with zero attached hydrogens (tertiary/aromatic N) is 1. The Kier molecular flexibility index (Phi) is 16.5. The van der Waals surface area contributed by atoms with E-state index in [-0.39, 0.29) is 50.9 Å². The molecule has 274 valence electrons. The number of likely N-dealkylation sites (tertiary alicyclic amines) is 1. The number of amides is 5. The van der Waals surface area contributed by atoms with E-state index in [1.54, 1.807) is 34.6 Å². The molecule has 1 heterocycles. The molecule has 1 aliphatic rings. The lowest BCUT2D eigenvalue weighted by atomic mass is 10.00. The number of ether oxygens (including phenoxy) is 2. The number of benzene rings is 1. The van der Waals surface area contributed by atoms with Crippen molar-refractivity contribution in [2.75, 3.05) is 19.7 Å². The van der Waals surface area contributed by atoms with Crippen molar-refractivity contribution < 1.29 is 43.3 Å². The highest BCUT2D eigenvalue weighted by Gasteiger charge is 2.38. The van der Waals surface area contributed by atoms with Gasteiger partial charge in [0, 0.05) is 19.5 Å². The van der Waals surface area contributed by atoms with E-state index in [0.717, 1.165) is 5.56 Å². The van der Waals surface area contributed by atoms with Gasteiger partial charge >= 0.3 is 12.1 Å². The highest BCUT2D eigenvalue weighted by Crippen LogP contribution is 2.20. The van der Waals surface area contributed by atoms with Crippen molar-refractivity contribution in [2.24, 2.45) is 11.8 Å². The molecule has 14 nitrogen and oxygen atoms in total. The lowest BCUT2D eigenvalue weighted by Crippen LogP contribution is -2.59. The summed E-state index contributed by atoms with van der Waals surface area (Å²) in [6.07, 6.45) is 0.214. The molecule has 1 aromatic carbocycles. The molecular formula is C35H55N5O9. The van der Waals surface area contributed by atoms with Crippen LogP contribution in [0.4, 0.5) is 4.79 Å². The Bertz CT molecular complexity index is 1270. The zero-order valence-corrected chi connectivity index (χ0v) is 29.9. The molecule has 14 heteroatoms. The van der Waals surface area contributed by atoms with Gasteiger partial charge in [0.05, 0.1) is 6.61 Å². The summed E-state index contributed by atoms with van der Waals surface area (Å²) in [5.74, 6) is -3.35. The van der Waals surface area contributed by atoms with E-state index in [9.17, 15) is 28.8 Å². The number of carbonyl (C=O) groups excluding carboxylic acids is 6.